The number of rotatable bonds is 4. The summed E-state index contributed by atoms with van der Waals surface area (Å²) in [7, 11) is 0. The Labute approximate surface area is 121 Å². The van der Waals surface area contributed by atoms with Crippen LogP contribution in [0.4, 0.5) is 0 Å². The average molecular weight is 302 g/mol. The molecular formula is C13H13Cl2NO3. The molecule has 0 aliphatic carbocycles. The molecular weight excluding hydrogens is 289 g/mol. The number of benzene rings is 1. The molecule has 0 spiro atoms. The van der Waals surface area contributed by atoms with Gasteiger partial charge in [-0.1, -0.05) is 41.4 Å². The maximum absolute atomic E-state index is 11.9. The highest BCUT2D eigenvalue weighted by molar-refractivity contribution is 6.57. The van der Waals surface area contributed by atoms with E-state index in [1.165, 1.54) is 0 Å². The molecule has 0 heterocycles. The van der Waals surface area contributed by atoms with Gasteiger partial charge in [-0.3, -0.25) is 4.79 Å². The van der Waals surface area contributed by atoms with E-state index in [-0.39, 0.29) is 16.3 Å². The lowest BCUT2D eigenvalue weighted by Crippen LogP contribution is -2.30. The Morgan fingerprint density at radius 2 is 1.74 bits per heavy atom. The Balaban J connectivity index is 2.85. The summed E-state index contributed by atoms with van der Waals surface area (Å²) >= 11 is 11.2. The molecule has 19 heavy (non-hydrogen) atoms. The number of halogens is 2. The molecule has 1 N–H and O–H groups in total. The van der Waals surface area contributed by atoms with Gasteiger partial charge >= 0.3 is 5.97 Å². The molecule has 1 aromatic rings. The first-order valence-electron chi connectivity index (χ1n) is 5.54. The van der Waals surface area contributed by atoms with Gasteiger partial charge in [0.25, 0.3) is 5.91 Å². The van der Waals surface area contributed by atoms with Gasteiger partial charge in [-0.2, -0.15) is 0 Å². The molecule has 4 nitrogen and oxygen atoms in total. The van der Waals surface area contributed by atoms with Gasteiger partial charge in [-0.15, -0.1) is 0 Å². The Hall–Kier alpha value is -1.52. The monoisotopic (exact) mass is 301 g/mol. The normalized spacial score (nSPS) is 9.95. The Morgan fingerprint density at radius 1 is 1.16 bits per heavy atom. The number of esters is 1. The summed E-state index contributed by atoms with van der Waals surface area (Å²) in [5.41, 5.74) is 0.109. The van der Waals surface area contributed by atoms with Gasteiger partial charge in [-0.05, 0) is 26.0 Å². The minimum absolute atomic E-state index is 0.272. The molecule has 0 unspecified atom stereocenters. The van der Waals surface area contributed by atoms with Crippen molar-refractivity contribution in [3.05, 3.63) is 46.1 Å². The molecule has 0 saturated heterocycles. The zero-order valence-electron chi connectivity index (χ0n) is 10.4. The number of amides is 1. The third kappa shape index (κ3) is 4.93. The van der Waals surface area contributed by atoms with Crippen molar-refractivity contribution in [1.29, 1.82) is 0 Å². The Morgan fingerprint density at radius 3 is 2.21 bits per heavy atom. The lowest BCUT2D eigenvalue weighted by molar-refractivity contribution is -0.143. The number of carbonyl (C=O) groups excluding carboxylic acids is 2. The molecule has 0 bridgehead atoms. The van der Waals surface area contributed by atoms with E-state index >= 15 is 0 Å². The van der Waals surface area contributed by atoms with Crippen LogP contribution in [0.15, 0.2) is 40.5 Å². The maximum Gasteiger partial charge on any atom is 0.357 e. The first-order chi connectivity index (χ1) is 8.91. The Kier molecular flexibility index (Phi) is 5.86. The maximum atomic E-state index is 11.9. The minimum atomic E-state index is -0.778. The fourth-order valence-corrected chi connectivity index (χ4v) is 1.47. The van der Waals surface area contributed by atoms with Gasteiger partial charge in [0.2, 0.25) is 0 Å². The van der Waals surface area contributed by atoms with Crippen LogP contribution in [0.25, 0.3) is 0 Å². The third-order valence-corrected chi connectivity index (χ3v) is 2.39. The van der Waals surface area contributed by atoms with E-state index in [4.69, 9.17) is 27.9 Å². The van der Waals surface area contributed by atoms with Crippen molar-refractivity contribution in [2.75, 3.05) is 0 Å². The molecule has 1 amide bonds. The number of nitrogens with one attached hydrogen (secondary N) is 1. The summed E-state index contributed by atoms with van der Waals surface area (Å²) in [6, 6.07) is 8.38. The summed E-state index contributed by atoms with van der Waals surface area (Å²) in [6.45, 7) is 3.35. The molecule has 6 heteroatoms. The van der Waals surface area contributed by atoms with Gasteiger partial charge in [0, 0.05) is 5.56 Å². The van der Waals surface area contributed by atoms with Crippen molar-refractivity contribution in [1.82, 2.24) is 5.32 Å². The average Bonchev–Trinajstić information content (AvgIpc) is 2.35. The van der Waals surface area contributed by atoms with E-state index in [9.17, 15) is 9.59 Å². The lowest BCUT2D eigenvalue weighted by Gasteiger charge is -2.12. The number of hydrogen-bond donors (Lipinski definition) is 1. The summed E-state index contributed by atoms with van der Waals surface area (Å²) in [4.78, 5) is 23.6. The van der Waals surface area contributed by atoms with Crippen LogP contribution in [0, 0.1) is 0 Å². The fraction of sp³-hybridized carbons (Fsp3) is 0.231. The topological polar surface area (TPSA) is 55.4 Å². The van der Waals surface area contributed by atoms with E-state index in [1.807, 2.05) is 0 Å². The van der Waals surface area contributed by atoms with Gasteiger partial charge in [0.05, 0.1) is 6.10 Å². The zero-order chi connectivity index (χ0) is 14.4. The highest BCUT2D eigenvalue weighted by Gasteiger charge is 2.19. The van der Waals surface area contributed by atoms with E-state index in [2.05, 4.69) is 5.32 Å². The molecule has 0 aliphatic heterocycles. The van der Waals surface area contributed by atoms with Crippen LogP contribution >= 0.6 is 23.2 Å². The second-order valence-electron chi connectivity index (χ2n) is 3.91. The standard InChI is InChI=1S/C13H13Cl2NO3/c1-8(2)19-13(18)10(11(14)15)16-12(17)9-6-4-3-5-7-9/h3-8H,1-2H3,(H,16,17). The van der Waals surface area contributed by atoms with Crippen molar-refractivity contribution in [3.8, 4) is 0 Å². The molecule has 0 radical (unpaired) electrons. The molecule has 1 aromatic carbocycles. The van der Waals surface area contributed by atoms with Crippen molar-refractivity contribution in [3.63, 3.8) is 0 Å². The van der Waals surface area contributed by atoms with Crippen LogP contribution in [-0.4, -0.2) is 18.0 Å². The quantitative estimate of drug-likeness (QED) is 0.687. The largest absolute Gasteiger partial charge is 0.458 e. The molecule has 102 valence electrons. The van der Waals surface area contributed by atoms with Crippen molar-refractivity contribution in [2.45, 2.75) is 20.0 Å². The highest BCUT2D eigenvalue weighted by atomic mass is 35.5. The zero-order valence-corrected chi connectivity index (χ0v) is 12.0. The number of carbonyl (C=O) groups is 2. The fourth-order valence-electron chi connectivity index (χ4n) is 1.22. The molecule has 0 atom stereocenters. The van der Waals surface area contributed by atoms with E-state index < -0.39 is 11.9 Å². The second-order valence-corrected chi connectivity index (χ2v) is 4.86. The summed E-state index contributed by atoms with van der Waals surface area (Å²) in [6.07, 6.45) is -0.344. The molecule has 1 rings (SSSR count). The number of ether oxygens (including phenoxy) is 1. The van der Waals surface area contributed by atoms with Crippen LogP contribution in [0.1, 0.15) is 24.2 Å². The highest BCUT2D eigenvalue weighted by Crippen LogP contribution is 2.15. The van der Waals surface area contributed by atoms with Gasteiger partial charge in [0.1, 0.15) is 4.49 Å². The molecule has 0 aliphatic rings. The smallest absolute Gasteiger partial charge is 0.357 e. The van der Waals surface area contributed by atoms with Gasteiger partial charge in [0.15, 0.2) is 5.70 Å². The van der Waals surface area contributed by atoms with Crippen molar-refractivity contribution in [2.24, 2.45) is 0 Å². The van der Waals surface area contributed by atoms with Gasteiger partial charge < -0.3 is 10.1 Å². The SMILES string of the molecule is CC(C)OC(=O)C(NC(=O)c1ccccc1)=C(Cl)Cl. The summed E-state index contributed by atoms with van der Waals surface area (Å²) < 4.78 is 4.58. The minimum Gasteiger partial charge on any atom is -0.458 e. The van der Waals surface area contributed by atoms with Gasteiger partial charge in [-0.25, -0.2) is 4.79 Å². The van der Waals surface area contributed by atoms with E-state index in [0.717, 1.165) is 0 Å². The van der Waals surface area contributed by atoms with Crippen molar-refractivity contribution >= 4 is 35.1 Å². The van der Waals surface area contributed by atoms with E-state index in [0.29, 0.717) is 5.56 Å². The molecule has 0 aromatic heterocycles. The lowest BCUT2D eigenvalue weighted by atomic mass is 10.2. The van der Waals surface area contributed by atoms with Crippen LogP contribution in [0.3, 0.4) is 0 Å². The van der Waals surface area contributed by atoms with Crippen LogP contribution in [0.5, 0.6) is 0 Å². The Bertz CT molecular complexity index is 494. The van der Waals surface area contributed by atoms with Crippen LogP contribution < -0.4 is 5.32 Å². The summed E-state index contributed by atoms with van der Waals surface area (Å²) in [5.74, 6) is -1.27. The first kappa shape index (κ1) is 15.5. The molecule has 0 fully saturated rings. The summed E-state index contributed by atoms with van der Waals surface area (Å²) in [5, 5.41) is 2.34. The predicted octanol–water partition coefficient (Wildman–Crippen LogP) is 3.01. The predicted molar refractivity (Wildman–Crippen MR) is 73.9 cm³/mol. The second kappa shape index (κ2) is 7.16. The van der Waals surface area contributed by atoms with E-state index in [1.54, 1.807) is 44.2 Å². The number of hydrogen-bond acceptors (Lipinski definition) is 3. The third-order valence-electron chi connectivity index (χ3n) is 2.01. The van der Waals surface area contributed by atoms with Crippen LogP contribution in [0.2, 0.25) is 0 Å². The van der Waals surface area contributed by atoms with Crippen molar-refractivity contribution < 1.29 is 14.3 Å². The van der Waals surface area contributed by atoms with Crippen LogP contribution in [-0.2, 0) is 9.53 Å². The first-order valence-corrected chi connectivity index (χ1v) is 6.30. The molecule has 0 saturated carbocycles.